The molecule has 0 rings (SSSR count). The summed E-state index contributed by atoms with van der Waals surface area (Å²) in [7, 11) is -4.41. The zero-order valence-corrected chi connectivity index (χ0v) is 35.8. The van der Waals surface area contributed by atoms with Gasteiger partial charge in [0.1, 0.15) is 6.61 Å². The second-order valence-corrected chi connectivity index (χ2v) is 15.5. The van der Waals surface area contributed by atoms with Crippen molar-refractivity contribution in [2.75, 3.05) is 26.4 Å². The average molecular weight is 808 g/mol. The highest BCUT2D eigenvalue weighted by Gasteiger charge is 2.25. The summed E-state index contributed by atoms with van der Waals surface area (Å²) in [4.78, 5) is 34.8. The SMILES string of the molecule is CC/C=C\C/C=C\CC(O)/C=C/C=C\C/C=C\C/C=C\CCC(=O)OC[C@H](COP(=O)(O)OCCN)OC(=O)CCCCCCCCCCCCCCCCC. The van der Waals surface area contributed by atoms with Gasteiger partial charge in [-0.2, -0.15) is 0 Å². The summed E-state index contributed by atoms with van der Waals surface area (Å²) >= 11 is 0. The normalized spacial score (nSPS) is 14.6. The van der Waals surface area contributed by atoms with Crippen LogP contribution >= 0.6 is 7.82 Å². The molecule has 0 fully saturated rings. The number of phosphoric ester groups is 1. The highest BCUT2D eigenvalue weighted by atomic mass is 31.2. The Morgan fingerprint density at radius 1 is 0.643 bits per heavy atom. The Morgan fingerprint density at radius 3 is 1.80 bits per heavy atom. The molecule has 0 aliphatic heterocycles. The van der Waals surface area contributed by atoms with Crippen molar-refractivity contribution in [3.05, 3.63) is 72.9 Å². The highest BCUT2D eigenvalue weighted by Crippen LogP contribution is 2.43. The number of hydrogen-bond donors (Lipinski definition) is 3. The summed E-state index contributed by atoms with van der Waals surface area (Å²) in [5.74, 6) is -0.958. The smallest absolute Gasteiger partial charge is 0.462 e. The largest absolute Gasteiger partial charge is 0.472 e. The third-order valence-corrected chi connectivity index (χ3v) is 9.68. The van der Waals surface area contributed by atoms with E-state index in [1.54, 1.807) is 6.08 Å². The Hall–Kier alpha value is -2.59. The van der Waals surface area contributed by atoms with Gasteiger partial charge in [0, 0.05) is 19.4 Å². The molecule has 0 spiro atoms. The first-order chi connectivity index (χ1) is 27.2. The van der Waals surface area contributed by atoms with Gasteiger partial charge in [-0.15, -0.1) is 0 Å². The highest BCUT2D eigenvalue weighted by molar-refractivity contribution is 7.47. The first-order valence-electron chi connectivity index (χ1n) is 21.5. The number of hydrogen-bond acceptors (Lipinski definition) is 9. The molecule has 0 bridgehead atoms. The van der Waals surface area contributed by atoms with Crippen LogP contribution in [0, 0.1) is 0 Å². The summed E-state index contributed by atoms with van der Waals surface area (Å²) < 4.78 is 32.7. The number of carbonyl (C=O) groups excluding carboxylic acids is 2. The maximum absolute atomic E-state index is 12.6. The van der Waals surface area contributed by atoms with Gasteiger partial charge in [0.15, 0.2) is 6.10 Å². The fourth-order valence-corrected chi connectivity index (χ4v) is 6.27. The molecule has 0 aromatic heterocycles. The number of aliphatic hydroxyl groups excluding tert-OH is 1. The summed E-state index contributed by atoms with van der Waals surface area (Å²) in [6.45, 7) is 3.44. The number of ether oxygens (including phenoxy) is 2. The van der Waals surface area contributed by atoms with Gasteiger partial charge in [0.2, 0.25) is 0 Å². The standard InChI is InChI=1S/C45H78NO9P/c1-3-5-7-9-11-12-13-14-15-16-17-22-25-29-33-37-45(49)55-43(41-54-56(50,51)53-39-38-46)40-52-44(48)36-32-28-24-21-19-18-20-23-27-31-35-42(47)34-30-26-10-8-6-4-2/h6,8,18-19,23-24,26-28,30-31,35,42-43,47H,3-5,7,9-17,20-22,25,29,32-34,36-41,46H2,1-2H3,(H,50,51)/b8-6-,19-18-,27-23-,28-24-,30-26-,35-31+/t42?,43-/m1/s1. The first-order valence-corrected chi connectivity index (χ1v) is 23.0. The van der Waals surface area contributed by atoms with Gasteiger partial charge >= 0.3 is 19.8 Å². The Balaban J connectivity index is 4.34. The lowest BCUT2D eigenvalue weighted by atomic mass is 10.0. The Labute approximate surface area is 340 Å². The number of phosphoric acid groups is 1. The molecular weight excluding hydrogens is 729 g/mol. The first kappa shape index (κ1) is 53.4. The van der Waals surface area contributed by atoms with Crippen molar-refractivity contribution in [2.24, 2.45) is 5.73 Å². The Bertz CT molecular complexity index is 1160. The van der Waals surface area contributed by atoms with Crippen molar-refractivity contribution >= 4 is 19.8 Å². The zero-order chi connectivity index (χ0) is 41.2. The van der Waals surface area contributed by atoms with E-state index in [0.29, 0.717) is 19.3 Å². The number of nitrogens with two attached hydrogens (primary N) is 1. The van der Waals surface area contributed by atoms with Crippen LogP contribution in [0.3, 0.4) is 0 Å². The van der Waals surface area contributed by atoms with E-state index in [1.807, 2.05) is 48.6 Å². The van der Waals surface area contributed by atoms with Crippen molar-refractivity contribution in [3.63, 3.8) is 0 Å². The average Bonchev–Trinajstić information content (AvgIpc) is 3.18. The Kier molecular flexibility index (Phi) is 38.7. The molecule has 0 radical (unpaired) electrons. The van der Waals surface area contributed by atoms with Crippen LogP contribution in [0.5, 0.6) is 0 Å². The van der Waals surface area contributed by atoms with E-state index in [1.165, 1.54) is 70.6 Å². The maximum atomic E-state index is 12.6. The molecule has 0 aromatic rings. The maximum Gasteiger partial charge on any atom is 0.472 e. The third kappa shape index (κ3) is 39.6. The fourth-order valence-electron chi connectivity index (χ4n) is 5.51. The van der Waals surface area contributed by atoms with Crippen molar-refractivity contribution in [1.82, 2.24) is 0 Å². The lowest BCUT2D eigenvalue weighted by molar-refractivity contribution is -0.161. The van der Waals surface area contributed by atoms with Crippen molar-refractivity contribution < 1.29 is 42.7 Å². The van der Waals surface area contributed by atoms with E-state index in [9.17, 15) is 24.2 Å². The molecule has 0 aromatic carbocycles. The molecule has 4 N–H and O–H groups in total. The van der Waals surface area contributed by atoms with Crippen LogP contribution in [-0.4, -0.2) is 60.5 Å². The van der Waals surface area contributed by atoms with Gasteiger partial charge in [-0.1, -0.05) is 177 Å². The molecule has 11 heteroatoms. The molecule has 10 nitrogen and oxygen atoms in total. The molecule has 0 heterocycles. The summed E-state index contributed by atoms with van der Waals surface area (Å²) in [5, 5.41) is 9.99. The predicted molar refractivity (Wildman–Crippen MR) is 230 cm³/mol. The fraction of sp³-hybridized carbons (Fsp3) is 0.689. The van der Waals surface area contributed by atoms with Gasteiger partial charge in [0.25, 0.3) is 0 Å². The van der Waals surface area contributed by atoms with Crippen LogP contribution in [-0.2, 0) is 32.7 Å². The molecular formula is C45H78NO9P. The number of rotatable bonds is 39. The molecule has 0 aliphatic carbocycles. The van der Waals surface area contributed by atoms with E-state index in [0.717, 1.165) is 44.9 Å². The molecule has 56 heavy (non-hydrogen) atoms. The summed E-state index contributed by atoms with van der Waals surface area (Å²) in [6, 6.07) is 0. The van der Waals surface area contributed by atoms with Crippen molar-refractivity contribution in [3.8, 4) is 0 Å². The molecule has 0 aliphatic rings. The topological polar surface area (TPSA) is 155 Å². The van der Waals surface area contributed by atoms with Crippen LogP contribution in [0.2, 0.25) is 0 Å². The minimum Gasteiger partial charge on any atom is -0.462 e. The molecule has 0 saturated heterocycles. The molecule has 322 valence electrons. The van der Waals surface area contributed by atoms with Crippen molar-refractivity contribution in [2.45, 2.75) is 174 Å². The van der Waals surface area contributed by atoms with E-state index >= 15 is 0 Å². The molecule has 2 unspecified atom stereocenters. The van der Waals surface area contributed by atoms with Gasteiger partial charge in [-0.05, 0) is 44.9 Å². The van der Waals surface area contributed by atoms with Crippen LogP contribution in [0.15, 0.2) is 72.9 Å². The Morgan fingerprint density at radius 2 is 1.20 bits per heavy atom. The number of carbonyl (C=O) groups is 2. The van der Waals surface area contributed by atoms with Gasteiger partial charge in [-0.25, -0.2) is 4.57 Å². The second-order valence-electron chi connectivity index (χ2n) is 14.0. The lowest BCUT2D eigenvalue weighted by Gasteiger charge is -2.19. The number of esters is 2. The monoisotopic (exact) mass is 808 g/mol. The van der Waals surface area contributed by atoms with Crippen molar-refractivity contribution in [1.29, 1.82) is 0 Å². The quantitative estimate of drug-likeness (QED) is 0.0180. The number of unbranched alkanes of at least 4 members (excludes halogenated alkanes) is 14. The van der Waals surface area contributed by atoms with Crippen LogP contribution in [0.4, 0.5) is 0 Å². The minimum absolute atomic E-state index is 0.0339. The molecule has 0 saturated carbocycles. The van der Waals surface area contributed by atoms with E-state index in [4.69, 9.17) is 24.3 Å². The number of allylic oxidation sites excluding steroid dienone is 10. The third-order valence-electron chi connectivity index (χ3n) is 8.70. The summed E-state index contributed by atoms with van der Waals surface area (Å²) in [6.07, 6.45) is 45.4. The van der Waals surface area contributed by atoms with Crippen LogP contribution in [0.1, 0.15) is 162 Å². The van der Waals surface area contributed by atoms with E-state index < -0.39 is 38.6 Å². The van der Waals surface area contributed by atoms with Gasteiger partial charge < -0.3 is 25.2 Å². The van der Waals surface area contributed by atoms with Crippen LogP contribution < -0.4 is 5.73 Å². The van der Waals surface area contributed by atoms with Gasteiger partial charge in [0.05, 0.1) is 19.3 Å². The summed E-state index contributed by atoms with van der Waals surface area (Å²) in [5.41, 5.74) is 5.34. The van der Waals surface area contributed by atoms with E-state index in [2.05, 4.69) is 32.1 Å². The molecule has 3 atom stereocenters. The van der Waals surface area contributed by atoms with Gasteiger partial charge in [-0.3, -0.25) is 18.6 Å². The molecule has 0 amide bonds. The van der Waals surface area contributed by atoms with E-state index in [-0.39, 0.29) is 32.6 Å². The minimum atomic E-state index is -4.41. The lowest BCUT2D eigenvalue weighted by Crippen LogP contribution is -2.29. The van der Waals surface area contributed by atoms with Crippen LogP contribution in [0.25, 0.3) is 0 Å². The predicted octanol–water partition coefficient (Wildman–Crippen LogP) is 11.2. The zero-order valence-electron chi connectivity index (χ0n) is 35.0. The number of aliphatic hydroxyl groups is 1. The second kappa shape index (κ2) is 40.6.